The molecule has 1 nitrogen and oxygen atoms in total. The Bertz CT molecular complexity index is 270. The van der Waals surface area contributed by atoms with E-state index in [1.807, 2.05) is 27.7 Å². The second-order valence-corrected chi connectivity index (χ2v) is 10.0. The summed E-state index contributed by atoms with van der Waals surface area (Å²) < 4.78 is 0. The summed E-state index contributed by atoms with van der Waals surface area (Å²) in [6.07, 6.45) is 19.0. The van der Waals surface area contributed by atoms with E-state index in [0.717, 1.165) is 30.1 Å². The predicted octanol–water partition coefficient (Wildman–Crippen LogP) is 12.5. The van der Waals surface area contributed by atoms with Crippen LogP contribution in [-0.4, -0.2) is 6.04 Å². The van der Waals surface area contributed by atoms with Crippen molar-refractivity contribution in [1.82, 2.24) is 0 Å². The monoisotopic (exact) mass is 488 g/mol. The summed E-state index contributed by atoms with van der Waals surface area (Å²) in [7, 11) is 0. The second kappa shape index (κ2) is 40.1. The van der Waals surface area contributed by atoms with Gasteiger partial charge in [-0.2, -0.15) is 0 Å². The molecule has 0 saturated heterocycles. The molecule has 0 bridgehead atoms. The molecule has 1 aliphatic rings. The molecular weight excluding hydrogens is 410 g/mol. The standard InChI is InChI=1S/C10H20.C7H16.C6H15N.C6H14.2C2H6/c1-4-5-9-6-7-10(9)8(2)3;1-4-6-7(3)5-2;1-3-5-6(7)4-2;1-3-5-6-4-2;2*1-2/h8-10H,4-7H2,1-3H3;7H,4-6H2,1-3H3;6H,3-5,7H2,1-2H3;3-6H2,1-2H3;2*1-2H3. The first kappa shape index (κ1) is 44.0. The zero-order valence-electron chi connectivity index (χ0n) is 27.4. The van der Waals surface area contributed by atoms with Crippen molar-refractivity contribution in [1.29, 1.82) is 0 Å². The smallest absolute Gasteiger partial charge is 0.00361 e. The van der Waals surface area contributed by atoms with Crippen LogP contribution in [-0.2, 0) is 0 Å². The molecule has 0 aliphatic heterocycles. The van der Waals surface area contributed by atoms with Crippen molar-refractivity contribution in [2.75, 3.05) is 0 Å². The van der Waals surface area contributed by atoms with Crippen LogP contribution >= 0.6 is 0 Å². The van der Waals surface area contributed by atoms with Crippen LogP contribution < -0.4 is 5.73 Å². The van der Waals surface area contributed by atoms with Gasteiger partial charge in [0.05, 0.1) is 0 Å². The molecule has 1 fully saturated rings. The zero-order valence-corrected chi connectivity index (χ0v) is 27.4. The molecule has 0 amide bonds. The highest BCUT2D eigenvalue weighted by Crippen LogP contribution is 2.41. The van der Waals surface area contributed by atoms with Crippen LogP contribution in [0.5, 0.6) is 0 Å². The van der Waals surface area contributed by atoms with Crippen LogP contribution in [0.25, 0.3) is 0 Å². The van der Waals surface area contributed by atoms with Crippen molar-refractivity contribution < 1.29 is 0 Å². The molecule has 0 spiro atoms. The van der Waals surface area contributed by atoms with Gasteiger partial charge in [-0.3, -0.25) is 0 Å². The Kier molecular flexibility index (Phi) is 51.9. The number of rotatable bonds is 12. The number of hydrogen-bond acceptors (Lipinski definition) is 1. The summed E-state index contributed by atoms with van der Waals surface area (Å²) >= 11 is 0. The van der Waals surface area contributed by atoms with E-state index in [9.17, 15) is 0 Å². The van der Waals surface area contributed by atoms with Gasteiger partial charge in [0.2, 0.25) is 0 Å². The molecule has 2 N–H and O–H groups in total. The summed E-state index contributed by atoms with van der Waals surface area (Å²) in [4.78, 5) is 0. The largest absolute Gasteiger partial charge is 0.328 e. The lowest BCUT2D eigenvalue weighted by Crippen LogP contribution is -2.29. The maximum absolute atomic E-state index is 5.58. The van der Waals surface area contributed by atoms with Crippen LogP contribution in [0.15, 0.2) is 0 Å². The first-order valence-electron chi connectivity index (χ1n) is 16.0. The summed E-state index contributed by atoms with van der Waals surface area (Å²) in [5.41, 5.74) is 5.58. The number of nitrogens with two attached hydrogens (primary N) is 1. The van der Waals surface area contributed by atoms with Gasteiger partial charge < -0.3 is 5.73 Å². The van der Waals surface area contributed by atoms with Crippen molar-refractivity contribution in [2.45, 2.75) is 193 Å². The van der Waals surface area contributed by atoms with E-state index < -0.39 is 0 Å². The molecule has 0 aromatic rings. The van der Waals surface area contributed by atoms with Crippen molar-refractivity contribution >= 4 is 0 Å². The van der Waals surface area contributed by atoms with Gasteiger partial charge in [0.15, 0.2) is 0 Å². The fourth-order valence-corrected chi connectivity index (χ4v) is 3.97. The third kappa shape index (κ3) is 36.5. The number of hydrogen-bond donors (Lipinski definition) is 1. The molecule has 1 heteroatoms. The van der Waals surface area contributed by atoms with Gasteiger partial charge >= 0.3 is 0 Å². The van der Waals surface area contributed by atoms with Gasteiger partial charge in [0.25, 0.3) is 0 Å². The first-order valence-corrected chi connectivity index (χ1v) is 16.0. The average molecular weight is 488 g/mol. The highest BCUT2D eigenvalue weighted by molar-refractivity contribution is 4.82. The molecule has 214 valence electrons. The highest BCUT2D eigenvalue weighted by Gasteiger charge is 2.31. The molecule has 0 heterocycles. The Morgan fingerprint density at radius 1 is 0.618 bits per heavy atom. The first-order chi connectivity index (χ1) is 16.3. The minimum absolute atomic E-state index is 0.449. The van der Waals surface area contributed by atoms with E-state index in [1.165, 1.54) is 83.5 Å². The van der Waals surface area contributed by atoms with Gasteiger partial charge in [0, 0.05) is 6.04 Å². The van der Waals surface area contributed by atoms with E-state index in [4.69, 9.17) is 5.73 Å². The fraction of sp³-hybridized carbons (Fsp3) is 1.00. The zero-order chi connectivity index (χ0) is 27.8. The quantitative estimate of drug-likeness (QED) is 0.272. The highest BCUT2D eigenvalue weighted by atomic mass is 14.6. The molecule has 4 unspecified atom stereocenters. The van der Waals surface area contributed by atoms with Gasteiger partial charge in [-0.1, -0.05) is 161 Å². The fourth-order valence-electron chi connectivity index (χ4n) is 3.97. The van der Waals surface area contributed by atoms with Crippen molar-refractivity contribution in [2.24, 2.45) is 29.4 Å². The molecule has 0 aromatic heterocycles. The molecule has 4 atom stereocenters. The van der Waals surface area contributed by atoms with Gasteiger partial charge in [-0.25, -0.2) is 0 Å². The normalized spacial score (nSPS) is 17.3. The average Bonchev–Trinajstić information content (AvgIpc) is 2.84. The van der Waals surface area contributed by atoms with Crippen molar-refractivity contribution in [3.8, 4) is 0 Å². The van der Waals surface area contributed by atoms with E-state index in [2.05, 4.69) is 69.2 Å². The minimum atomic E-state index is 0.449. The second-order valence-electron chi connectivity index (χ2n) is 10.0. The third-order valence-corrected chi connectivity index (χ3v) is 6.61. The molecule has 1 aliphatic carbocycles. The number of unbranched alkanes of at least 4 members (excludes halogenated alkanes) is 3. The Labute approximate surface area is 222 Å². The Morgan fingerprint density at radius 3 is 1.26 bits per heavy atom. The van der Waals surface area contributed by atoms with Crippen LogP contribution in [0.4, 0.5) is 0 Å². The summed E-state index contributed by atoms with van der Waals surface area (Å²) in [6, 6.07) is 0.449. The SMILES string of the molecule is CC.CC.CCCC(C)CC.CCCC(N)CC.CCCC1CCC1C(C)C.CCCCCC. The van der Waals surface area contributed by atoms with E-state index in [-0.39, 0.29) is 0 Å². The lowest BCUT2D eigenvalue weighted by Gasteiger charge is -2.39. The van der Waals surface area contributed by atoms with E-state index >= 15 is 0 Å². The van der Waals surface area contributed by atoms with Gasteiger partial charge in [-0.15, -0.1) is 0 Å². The lowest BCUT2D eigenvalue weighted by atomic mass is 9.66. The Morgan fingerprint density at radius 2 is 1.09 bits per heavy atom. The van der Waals surface area contributed by atoms with Crippen molar-refractivity contribution in [3.63, 3.8) is 0 Å². The van der Waals surface area contributed by atoms with E-state index in [0.29, 0.717) is 6.04 Å². The van der Waals surface area contributed by atoms with Gasteiger partial charge in [0.1, 0.15) is 0 Å². The topological polar surface area (TPSA) is 26.0 Å². The maximum Gasteiger partial charge on any atom is 0.00361 e. The molecular formula is C33H77N. The van der Waals surface area contributed by atoms with Crippen LogP contribution in [0.1, 0.15) is 187 Å². The van der Waals surface area contributed by atoms with Crippen LogP contribution in [0.2, 0.25) is 0 Å². The molecule has 1 saturated carbocycles. The Hall–Kier alpha value is -0.0400. The van der Waals surface area contributed by atoms with Gasteiger partial charge in [-0.05, 0) is 49.4 Å². The molecule has 0 radical (unpaired) electrons. The molecule has 0 aromatic carbocycles. The maximum atomic E-state index is 5.58. The summed E-state index contributed by atoms with van der Waals surface area (Å²) in [5.74, 6) is 4.04. The Balaban J connectivity index is -0.000000107. The van der Waals surface area contributed by atoms with Crippen LogP contribution in [0.3, 0.4) is 0 Å². The predicted molar refractivity (Wildman–Crippen MR) is 166 cm³/mol. The lowest BCUT2D eigenvalue weighted by molar-refractivity contribution is 0.112. The van der Waals surface area contributed by atoms with Crippen molar-refractivity contribution in [3.05, 3.63) is 0 Å². The van der Waals surface area contributed by atoms with E-state index in [1.54, 1.807) is 0 Å². The summed E-state index contributed by atoms with van der Waals surface area (Å²) in [6.45, 7) is 30.6. The molecule has 1 rings (SSSR count). The third-order valence-electron chi connectivity index (χ3n) is 6.61. The van der Waals surface area contributed by atoms with Crippen LogP contribution in [0, 0.1) is 23.7 Å². The molecule has 34 heavy (non-hydrogen) atoms. The minimum Gasteiger partial charge on any atom is -0.328 e. The summed E-state index contributed by atoms with van der Waals surface area (Å²) in [5, 5.41) is 0.